The quantitative estimate of drug-likeness (QED) is 0.459. The number of amides is 1. The van der Waals surface area contributed by atoms with Crippen LogP contribution in [0.2, 0.25) is 0 Å². The first-order valence-corrected chi connectivity index (χ1v) is 7.68. The standard InChI is InChI=1S/C14H18N2O4S/c1-10-13(17)15(7-4-8-20-2)14(21-10)11-5-3-6-12(9-11)16(18)19/h3,5-6,9-10,14H,4,7-8H2,1-2H3. The highest BCUT2D eigenvalue weighted by Gasteiger charge is 2.38. The zero-order valence-electron chi connectivity index (χ0n) is 12.0. The molecule has 0 radical (unpaired) electrons. The summed E-state index contributed by atoms with van der Waals surface area (Å²) in [6.07, 6.45) is 0.751. The van der Waals surface area contributed by atoms with Crippen molar-refractivity contribution in [2.75, 3.05) is 20.3 Å². The number of hydrogen-bond acceptors (Lipinski definition) is 5. The molecule has 1 aliphatic rings. The predicted molar refractivity (Wildman–Crippen MR) is 81.1 cm³/mol. The third-order valence-corrected chi connectivity index (χ3v) is 4.75. The Labute approximate surface area is 127 Å². The maximum atomic E-state index is 12.2. The van der Waals surface area contributed by atoms with Gasteiger partial charge in [-0.15, -0.1) is 11.8 Å². The van der Waals surface area contributed by atoms with Crippen molar-refractivity contribution in [3.05, 3.63) is 39.9 Å². The highest BCUT2D eigenvalue weighted by Crippen LogP contribution is 2.43. The van der Waals surface area contributed by atoms with Crippen LogP contribution >= 0.6 is 11.8 Å². The minimum Gasteiger partial charge on any atom is -0.385 e. The lowest BCUT2D eigenvalue weighted by atomic mass is 10.1. The first-order chi connectivity index (χ1) is 10.0. The van der Waals surface area contributed by atoms with Crippen LogP contribution in [0.25, 0.3) is 0 Å². The van der Waals surface area contributed by atoms with Crippen LogP contribution in [0.15, 0.2) is 24.3 Å². The van der Waals surface area contributed by atoms with E-state index in [4.69, 9.17) is 4.74 Å². The average molecular weight is 310 g/mol. The Hall–Kier alpha value is -1.60. The Balaban J connectivity index is 2.21. The third kappa shape index (κ3) is 3.54. The van der Waals surface area contributed by atoms with Gasteiger partial charge in [0.15, 0.2) is 0 Å². The number of nitro groups is 1. The summed E-state index contributed by atoms with van der Waals surface area (Å²) in [5.74, 6) is 0.0765. The summed E-state index contributed by atoms with van der Waals surface area (Å²) < 4.78 is 5.02. The number of thioether (sulfide) groups is 1. The van der Waals surface area contributed by atoms with Gasteiger partial charge >= 0.3 is 0 Å². The zero-order valence-corrected chi connectivity index (χ0v) is 12.8. The number of nitro benzene ring substituents is 1. The number of ether oxygens (including phenoxy) is 1. The maximum Gasteiger partial charge on any atom is 0.269 e. The fraction of sp³-hybridized carbons (Fsp3) is 0.500. The molecular formula is C14H18N2O4S. The number of benzene rings is 1. The van der Waals surface area contributed by atoms with Crippen LogP contribution in [-0.4, -0.2) is 41.2 Å². The van der Waals surface area contributed by atoms with E-state index in [1.807, 2.05) is 13.0 Å². The monoisotopic (exact) mass is 310 g/mol. The van der Waals surface area contributed by atoms with Crippen molar-refractivity contribution < 1.29 is 14.5 Å². The van der Waals surface area contributed by atoms with Crippen LogP contribution in [0.1, 0.15) is 24.3 Å². The molecule has 1 heterocycles. The smallest absolute Gasteiger partial charge is 0.269 e. The Kier molecular flexibility index (Phi) is 5.19. The van der Waals surface area contributed by atoms with Gasteiger partial charge in [-0.3, -0.25) is 14.9 Å². The molecule has 0 bridgehead atoms. The van der Waals surface area contributed by atoms with E-state index < -0.39 is 4.92 Å². The lowest BCUT2D eigenvalue weighted by Crippen LogP contribution is -2.31. The molecule has 0 aliphatic carbocycles. The Morgan fingerprint density at radius 2 is 2.24 bits per heavy atom. The number of hydrogen-bond donors (Lipinski definition) is 0. The number of rotatable bonds is 6. The second-order valence-electron chi connectivity index (χ2n) is 4.86. The van der Waals surface area contributed by atoms with E-state index in [1.165, 1.54) is 17.8 Å². The van der Waals surface area contributed by atoms with Crippen molar-refractivity contribution in [3.8, 4) is 0 Å². The molecule has 1 amide bonds. The maximum absolute atomic E-state index is 12.2. The third-order valence-electron chi connectivity index (χ3n) is 3.36. The van der Waals surface area contributed by atoms with Gasteiger partial charge < -0.3 is 9.64 Å². The number of methoxy groups -OCH3 is 1. The van der Waals surface area contributed by atoms with Gasteiger partial charge in [-0.05, 0) is 18.9 Å². The largest absolute Gasteiger partial charge is 0.385 e. The van der Waals surface area contributed by atoms with Crippen molar-refractivity contribution in [1.29, 1.82) is 0 Å². The molecule has 1 saturated heterocycles. The van der Waals surface area contributed by atoms with Gasteiger partial charge in [0.1, 0.15) is 5.37 Å². The van der Waals surface area contributed by atoms with Crippen LogP contribution in [0.3, 0.4) is 0 Å². The Morgan fingerprint density at radius 1 is 1.48 bits per heavy atom. The van der Waals surface area contributed by atoms with E-state index in [2.05, 4.69) is 0 Å². The summed E-state index contributed by atoms with van der Waals surface area (Å²) in [4.78, 5) is 24.5. The van der Waals surface area contributed by atoms with Crippen LogP contribution < -0.4 is 0 Å². The van der Waals surface area contributed by atoms with Crippen LogP contribution in [-0.2, 0) is 9.53 Å². The molecule has 0 N–H and O–H groups in total. The van der Waals surface area contributed by atoms with E-state index in [0.29, 0.717) is 13.2 Å². The summed E-state index contributed by atoms with van der Waals surface area (Å²) in [6, 6.07) is 6.50. The number of carbonyl (C=O) groups is 1. The molecule has 1 fully saturated rings. The predicted octanol–water partition coefficient (Wildman–Crippen LogP) is 2.59. The van der Waals surface area contributed by atoms with E-state index >= 15 is 0 Å². The fourth-order valence-corrected chi connectivity index (χ4v) is 3.63. The van der Waals surface area contributed by atoms with E-state index in [0.717, 1.165) is 12.0 Å². The van der Waals surface area contributed by atoms with Gasteiger partial charge in [-0.2, -0.15) is 0 Å². The number of non-ortho nitro benzene ring substituents is 1. The average Bonchev–Trinajstić information content (AvgIpc) is 2.76. The Morgan fingerprint density at radius 3 is 2.90 bits per heavy atom. The van der Waals surface area contributed by atoms with Crippen molar-refractivity contribution >= 4 is 23.4 Å². The topological polar surface area (TPSA) is 72.7 Å². The summed E-state index contributed by atoms with van der Waals surface area (Å²) in [6.45, 7) is 3.05. The summed E-state index contributed by atoms with van der Waals surface area (Å²) >= 11 is 1.53. The van der Waals surface area contributed by atoms with E-state index in [-0.39, 0.29) is 22.2 Å². The molecular weight excluding hydrogens is 292 g/mol. The van der Waals surface area contributed by atoms with Crippen molar-refractivity contribution in [3.63, 3.8) is 0 Å². The van der Waals surface area contributed by atoms with Crippen molar-refractivity contribution in [1.82, 2.24) is 4.90 Å². The molecule has 0 spiro atoms. The van der Waals surface area contributed by atoms with Crippen LogP contribution in [0.4, 0.5) is 5.69 Å². The second kappa shape index (κ2) is 6.91. The molecule has 114 valence electrons. The van der Waals surface area contributed by atoms with Gasteiger partial charge in [0.05, 0.1) is 10.2 Å². The molecule has 0 aromatic heterocycles. The number of nitrogens with zero attached hydrogens (tertiary/aromatic N) is 2. The van der Waals surface area contributed by atoms with Gasteiger partial charge in [0.25, 0.3) is 5.69 Å². The van der Waals surface area contributed by atoms with Gasteiger partial charge in [0.2, 0.25) is 5.91 Å². The highest BCUT2D eigenvalue weighted by atomic mass is 32.2. The fourth-order valence-electron chi connectivity index (χ4n) is 2.33. The van der Waals surface area contributed by atoms with Gasteiger partial charge in [-0.25, -0.2) is 0 Å². The normalized spacial score (nSPS) is 21.8. The lowest BCUT2D eigenvalue weighted by Gasteiger charge is -2.24. The minimum atomic E-state index is -0.413. The molecule has 2 unspecified atom stereocenters. The molecule has 0 saturated carbocycles. The second-order valence-corrected chi connectivity index (χ2v) is 6.29. The lowest BCUT2D eigenvalue weighted by molar-refractivity contribution is -0.384. The van der Waals surface area contributed by atoms with Crippen LogP contribution in [0, 0.1) is 10.1 Å². The molecule has 21 heavy (non-hydrogen) atoms. The molecule has 1 aliphatic heterocycles. The Bertz CT molecular complexity index is 537. The summed E-state index contributed by atoms with van der Waals surface area (Å²) in [5, 5.41) is 10.6. The van der Waals surface area contributed by atoms with Gasteiger partial charge in [0, 0.05) is 32.4 Å². The van der Waals surface area contributed by atoms with E-state index in [1.54, 1.807) is 24.1 Å². The van der Waals surface area contributed by atoms with Crippen molar-refractivity contribution in [2.24, 2.45) is 0 Å². The first-order valence-electron chi connectivity index (χ1n) is 6.74. The highest BCUT2D eigenvalue weighted by molar-refractivity contribution is 8.01. The molecule has 2 rings (SSSR count). The molecule has 2 atom stereocenters. The van der Waals surface area contributed by atoms with Crippen molar-refractivity contribution in [2.45, 2.75) is 24.0 Å². The van der Waals surface area contributed by atoms with Crippen LogP contribution in [0.5, 0.6) is 0 Å². The first kappa shape index (κ1) is 15.8. The SMILES string of the molecule is COCCCN1C(=O)C(C)SC1c1cccc([N+](=O)[O-])c1. The summed E-state index contributed by atoms with van der Waals surface area (Å²) in [7, 11) is 1.63. The molecule has 1 aromatic carbocycles. The number of carbonyl (C=O) groups excluding carboxylic acids is 1. The van der Waals surface area contributed by atoms with Gasteiger partial charge in [-0.1, -0.05) is 12.1 Å². The van der Waals surface area contributed by atoms with E-state index in [9.17, 15) is 14.9 Å². The molecule has 1 aromatic rings. The minimum absolute atomic E-state index is 0.0527. The zero-order chi connectivity index (χ0) is 15.4. The molecule has 7 heteroatoms. The molecule has 6 nitrogen and oxygen atoms in total. The summed E-state index contributed by atoms with van der Waals surface area (Å²) in [5.41, 5.74) is 0.848.